The van der Waals surface area contributed by atoms with Crippen LogP contribution < -0.4 is 10.5 Å². The Morgan fingerprint density at radius 2 is 2.19 bits per heavy atom. The Labute approximate surface area is 98.8 Å². The van der Waals surface area contributed by atoms with E-state index in [4.69, 9.17) is 26.5 Å². The summed E-state index contributed by atoms with van der Waals surface area (Å²) in [5.41, 5.74) is 6.49. The molecule has 84 valence electrons. The molecule has 1 aromatic heterocycles. The first-order chi connectivity index (χ1) is 7.79. The third-order valence-electron chi connectivity index (χ3n) is 2.19. The van der Waals surface area contributed by atoms with Crippen molar-refractivity contribution in [2.45, 2.75) is 13.2 Å². The van der Waals surface area contributed by atoms with Crippen molar-refractivity contribution >= 4 is 11.6 Å². The lowest BCUT2D eigenvalue weighted by molar-refractivity contribution is 0.268. The van der Waals surface area contributed by atoms with Gasteiger partial charge in [-0.05, 0) is 30.3 Å². The molecule has 1 heterocycles. The SMILES string of the molecule is NCc1cc(Cl)ccc1OCc1ccco1. The minimum absolute atomic E-state index is 0.391. The monoisotopic (exact) mass is 237 g/mol. The molecule has 0 spiro atoms. The molecule has 0 bridgehead atoms. The van der Waals surface area contributed by atoms with Gasteiger partial charge in [0.15, 0.2) is 0 Å². The van der Waals surface area contributed by atoms with E-state index in [1.165, 1.54) is 0 Å². The Morgan fingerprint density at radius 3 is 2.88 bits per heavy atom. The molecule has 0 unspecified atom stereocenters. The number of hydrogen-bond donors (Lipinski definition) is 1. The van der Waals surface area contributed by atoms with Crippen LogP contribution >= 0.6 is 11.6 Å². The number of ether oxygens (including phenoxy) is 1. The van der Waals surface area contributed by atoms with E-state index < -0.39 is 0 Å². The van der Waals surface area contributed by atoms with Crippen molar-refractivity contribution in [2.75, 3.05) is 0 Å². The van der Waals surface area contributed by atoms with Gasteiger partial charge in [-0.25, -0.2) is 0 Å². The van der Waals surface area contributed by atoms with Crippen LogP contribution in [0.25, 0.3) is 0 Å². The fraction of sp³-hybridized carbons (Fsp3) is 0.167. The van der Waals surface area contributed by atoms with Crippen LogP contribution in [0.15, 0.2) is 41.0 Å². The highest BCUT2D eigenvalue weighted by Crippen LogP contribution is 2.23. The van der Waals surface area contributed by atoms with Gasteiger partial charge in [-0.3, -0.25) is 0 Å². The summed E-state index contributed by atoms with van der Waals surface area (Å²) in [6.45, 7) is 0.787. The highest BCUT2D eigenvalue weighted by atomic mass is 35.5. The molecule has 0 atom stereocenters. The molecular formula is C12H12ClNO2. The number of nitrogens with two attached hydrogens (primary N) is 1. The maximum Gasteiger partial charge on any atom is 0.146 e. The van der Waals surface area contributed by atoms with Crippen molar-refractivity contribution in [2.24, 2.45) is 5.73 Å². The lowest BCUT2D eigenvalue weighted by atomic mass is 10.2. The van der Waals surface area contributed by atoms with E-state index in [9.17, 15) is 0 Å². The first-order valence-electron chi connectivity index (χ1n) is 4.93. The Morgan fingerprint density at radius 1 is 1.31 bits per heavy atom. The van der Waals surface area contributed by atoms with E-state index in [0.717, 1.165) is 17.1 Å². The smallest absolute Gasteiger partial charge is 0.146 e. The van der Waals surface area contributed by atoms with E-state index >= 15 is 0 Å². The van der Waals surface area contributed by atoms with Gasteiger partial charge in [-0.2, -0.15) is 0 Å². The third-order valence-corrected chi connectivity index (χ3v) is 2.43. The minimum Gasteiger partial charge on any atom is -0.485 e. The summed E-state index contributed by atoms with van der Waals surface area (Å²) in [4.78, 5) is 0. The van der Waals surface area contributed by atoms with Gasteiger partial charge in [0.25, 0.3) is 0 Å². The maximum absolute atomic E-state index is 5.87. The minimum atomic E-state index is 0.391. The number of hydrogen-bond acceptors (Lipinski definition) is 3. The molecule has 0 aliphatic rings. The van der Waals surface area contributed by atoms with Crippen molar-refractivity contribution in [1.82, 2.24) is 0 Å². The molecule has 0 radical (unpaired) electrons. The van der Waals surface area contributed by atoms with Crippen LogP contribution in [0.5, 0.6) is 5.75 Å². The summed E-state index contributed by atoms with van der Waals surface area (Å²) < 4.78 is 10.8. The zero-order valence-corrected chi connectivity index (χ0v) is 9.41. The second kappa shape index (κ2) is 5.05. The van der Waals surface area contributed by atoms with Gasteiger partial charge >= 0.3 is 0 Å². The molecule has 2 rings (SSSR count). The van der Waals surface area contributed by atoms with Crippen LogP contribution in [0, 0.1) is 0 Å². The molecule has 3 nitrogen and oxygen atoms in total. The number of benzene rings is 1. The molecule has 0 aliphatic heterocycles. The topological polar surface area (TPSA) is 48.4 Å². The number of rotatable bonds is 4. The molecule has 0 saturated carbocycles. The maximum atomic E-state index is 5.87. The second-order valence-electron chi connectivity index (χ2n) is 3.32. The highest BCUT2D eigenvalue weighted by molar-refractivity contribution is 6.30. The first kappa shape index (κ1) is 11.0. The zero-order valence-electron chi connectivity index (χ0n) is 8.65. The Hall–Kier alpha value is -1.45. The molecule has 0 fully saturated rings. The average Bonchev–Trinajstić information content (AvgIpc) is 2.80. The van der Waals surface area contributed by atoms with Crippen LogP contribution in [-0.4, -0.2) is 0 Å². The van der Waals surface area contributed by atoms with Crippen molar-refractivity contribution in [3.05, 3.63) is 52.9 Å². The quantitative estimate of drug-likeness (QED) is 0.889. The molecular weight excluding hydrogens is 226 g/mol. The molecule has 2 N–H and O–H groups in total. The predicted octanol–water partition coefficient (Wildman–Crippen LogP) is 2.97. The highest BCUT2D eigenvalue weighted by Gasteiger charge is 2.04. The largest absolute Gasteiger partial charge is 0.485 e. The van der Waals surface area contributed by atoms with Gasteiger partial charge in [-0.1, -0.05) is 11.6 Å². The van der Waals surface area contributed by atoms with Crippen LogP contribution in [-0.2, 0) is 13.2 Å². The van der Waals surface area contributed by atoms with Crippen molar-refractivity contribution in [3.63, 3.8) is 0 Å². The molecule has 2 aromatic rings. The summed E-state index contributed by atoms with van der Waals surface area (Å²) in [5, 5.41) is 0.658. The number of furan rings is 1. The summed E-state index contributed by atoms with van der Waals surface area (Å²) in [6.07, 6.45) is 1.62. The van der Waals surface area contributed by atoms with Crippen LogP contribution in [0.4, 0.5) is 0 Å². The van der Waals surface area contributed by atoms with Crippen LogP contribution in [0.2, 0.25) is 5.02 Å². The summed E-state index contributed by atoms with van der Waals surface area (Å²) in [6, 6.07) is 9.08. The van der Waals surface area contributed by atoms with E-state index in [-0.39, 0.29) is 0 Å². The van der Waals surface area contributed by atoms with E-state index in [1.807, 2.05) is 18.2 Å². The normalized spacial score (nSPS) is 10.4. The molecule has 16 heavy (non-hydrogen) atoms. The third kappa shape index (κ3) is 2.56. The summed E-state index contributed by atoms with van der Waals surface area (Å²) in [7, 11) is 0. The van der Waals surface area contributed by atoms with Gasteiger partial charge in [0.1, 0.15) is 18.1 Å². The van der Waals surface area contributed by atoms with Gasteiger partial charge in [0.2, 0.25) is 0 Å². The molecule has 0 saturated heterocycles. The van der Waals surface area contributed by atoms with Crippen LogP contribution in [0.1, 0.15) is 11.3 Å². The van der Waals surface area contributed by atoms with Crippen LogP contribution in [0.3, 0.4) is 0 Å². The Bertz CT molecular complexity index is 454. The lowest BCUT2D eigenvalue weighted by Gasteiger charge is -2.09. The average molecular weight is 238 g/mol. The predicted molar refractivity (Wildman–Crippen MR) is 62.4 cm³/mol. The van der Waals surface area contributed by atoms with E-state index in [0.29, 0.717) is 18.2 Å². The van der Waals surface area contributed by atoms with Gasteiger partial charge in [0, 0.05) is 17.1 Å². The summed E-state index contributed by atoms with van der Waals surface area (Å²) in [5.74, 6) is 1.52. The Kier molecular flexibility index (Phi) is 3.49. The van der Waals surface area contributed by atoms with E-state index in [2.05, 4.69) is 0 Å². The van der Waals surface area contributed by atoms with Gasteiger partial charge < -0.3 is 14.9 Å². The molecule has 4 heteroatoms. The first-order valence-corrected chi connectivity index (χ1v) is 5.31. The van der Waals surface area contributed by atoms with Gasteiger partial charge in [0.05, 0.1) is 6.26 Å². The molecule has 0 amide bonds. The zero-order chi connectivity index (χ0) is 11.4. The second-order valence-corrected chi connectivity index (χ2v) is 3.76. The Balaban J connectivity index is 2.09. The van der Waals surface area contributed by atoms with Crippen molar-refractivity contribution in [3.8, 4) is 5.75 Å². The number of halogens is 1. The standard InChI is InChI=1S/C12H12ClNO2/c13-10-3-4-12(9(6-10)7-14)16-8-11-2-1-5-15-11/h1-6H,7-8,14H2. The summed E-state index contributed by atoms with van der Waals surface area (Å²) >= 11 is 5.87. The fourth-order valence-corrected chi connectivity index (χ4v) is 1.59. The fourth-order valence-electron chi connectivity index (χ4n) is 1.39. The van der Waals surface area contributed by atoms with Crippen molar-refractivity contribution in [1.29, 1.82) is 0 Å². The van der Waals surface area contributed by atoms with Gasteiger partial charge in [-0.15, -0.1) is 0 Å². The molecule has 0 aliphatic carbocycles. The lowest BCUT2D eigenvalue weighted by Crippen LogP contribution is -2.02. The van der Waals surface area contributed by atoms with Crippen molar-refractivity contribution < 1.29 is 9.15 Å². The van der Waals surface area contributed by atoms with E-state index in [1.54, 1.807) is 18.4 Å². The molecule has 1 aromatic carbocycles.